The molecule has 0 bridgehead atoms. The average molecular weight is 396 g/mol. The molecule has 0 radical (unpaired) electrons. The summed E-state index contributed by atoms with van der Waals surface area (Å²) in [7, 11) is 0.993. The van der Waals surface area contributed by atoms with Gasteiger partial charge in [0.2, 0.25) is 5.91 Å². The van der Waals surface area contributed by atoms with Crippen molar-refractivity contribution in [1.29, 1.82) is 0 Å². The Balaban J connectivity index is 2.31. The number of alkyl halides is 6. The van der Waals surface area contributed by atoms with Crippen LogP contribution in [-0.2, 0) is 4.79 Å². The Labute approximate surface area is 149 Å². The van der Waals surface area contributed by atoms with Gasteiger partial charge in [0, 0.05) is 13.2 Å². The lowest BCUT2D eigenvalue weighted by atomic mass is 9.97. The summed E-state index contributed by atoms with van der Waals surface area (Å²) in [5.41, 5.74) is -4.53. The van der Waals surface area contributed by atoms with E-state index >= 15 is 0 Å². The first kappa shape index (κ1) is 20.7. The van der Waals surface area contributed by atoms with Crippen molar-refractivity contribution >= 4 is 11.6 Å². The van der Waals surface area contributed by atoms with Crippen molar-refractivity contribution in [3.63, 3.8) is 0 Å². The minimum atomic E-state index is -6.07. The molecular weight excluding hydrogens is 382 g/mol. The molecule has 1 amide bonds. The molecule has 27 heavy (non-hydrogen) atoms. The summed E-state index contributed by atoms with van der Waals surface area (Å²) in [6.07, 6.45) is -10.2. The molecule has 0 atom stereocenters. The summed E-state index contributed by atoms with van der Waals surface area (Å²) < 4.78 is 77.9. The number of carbonyl (C=O) groups excluding carboxylic acids is 1. The van der Waals surface area contributed by atoms with E-state index in [2.05, 4.69) is 10.1 Å². The second kappa shape index (κ2) is 6.83. The van der Waals surface area contributed by atoms with E-state index in [4.69, 9.17) is 0 Å². The molecule has 0 unspecified atom stereocenters. The molecule has 0 saturated carbocycles. The standard InChI is InChI=1S/C15H14F6N4O2/c1-9-11(8-25(23-9)10-4-3-5-22-7-10)24(2)12(26)6-13(27,14(16,17)18)15(19,20)21/h3-5,7-8,27H,6H2,1-2H3. The number of halogens is 6. The molecule has 2 heterocycles. The number of anilines is 1. The maximum Gasteiger partial charge on any atom is 0.426 e. The lowest BCUT2D eigenvalue weighted by molar-refractivity contribution is -0.366. The predicted molar refractivity (Wildman–Crippen MR) is 81.2 cm³/mol. The maximum absolute atomic E-state index is 12.8. The van der Waals surface area contributed by atoms with Crippen LogP contribution in [0.5, 0.6) is 0 Å². The van der Waals surface area contributed by atoms with Gasteiger partial charge in [-0.15, -0.1) is 0 Å². The number of hydrogen-bond donors (Lipinski definition) is 1. The van der Waals surface area contributed by atoms with Crippen molar-refractivity contribution in [3.8, 4) is 5.69 Å². The second-order valence-electron chi connectivity index (χ2n) is 5.74. The molecule has 2 aromatic heterocycles. The smallest absolute Gasteiger partial charge is 0.373 e. The van der Waals surface area contributed by atoms with Gasteiger partial charge in [-0.1, -0.05) is 0 Å². The van der Waals surface area contributed by atoms with Gasteiger partial charge >= 0.3 is 12.4 Å². The number of rotatable bonds is 4. The number of pyridine rings is 1. The maximum atomic E-state index is 12.8. The van der Waals surface area contributed by atoms with Crippen molar-refractivity contribution < 1.29 is 36.2 Å². The zero-order valence-corrected chi connectivity index (χ0v) is 14.0. The third kappa shape index (κ3) is 3.89. The number of aryl methyl sites for hydroxylation is 1. The van der Waals surface area contributed by atoms with Crippen LogP contribution in [0.4, 0.5) is 32.0 Å². The minimum Gasteiger partial charge on any atom is -0.373 e. The van der Waals surface area contributed by atoms with Crippen LogP contribution in [-0.4, -0.2) is 50.8 Å². The highest BCUT2D eigenvalue weighted by atomic mass is 19.4. The SMILES string of the molecule is Cc1nn(-c2cccnc2)cc1N(C)C(=O)CC(O)(C(F)(F)F)C(F)(F)F. The Bertz CT molecular complexity index is 802. The van der Waals surface area contributed by atoms with Gasteiger partial charge in [0.15, 0.2) is 0 Å². The Hall–Kier alpha value is -2.63. The third-order valence-electron chi connectivity index (χ3n) is 3.86. The fourth-order valence-electron chi connectivity index (χ4n) is 2.23. The fraction of sp³-hybridized carbons (Fsp3) is 0.400. The molecule has 0 spiro atoms. The van der Waals surface area contributed by atoms with E-state index < -0.39 is 30.3 Å². The number of hydrogen-bond acceptors (Lipinski definition) is 4. The van der Waals surface area contributed by atoms with E-state index in [0.29, 0.717) is 10.6 Å². The van der Waals surface area contributed by atoms with Crippen molar-refractivity contribution in [3.05, 3.63) is 36.4 Å². The van der Waals surface area contributed by atoms with Gasteiger partial charge in [0.25, 0.3) is 5.60 Å². The monoisotopic (exact) mass is 396 g/mol. The summed E-state index contributed by atoms with van der Waals surface area (Å²) in [6, 6.07) is 3.20. The number of amides is 1. The lowest BCUT2D eigenvalue weighted by Crippen LogP contribution is -2.59. The van der Waals surface area contributed by atoms with Crippen LogP contribution in [0.1, 0.15) is 12.1 Å². The van der Waals surface area contributed by atoms with Crippen LogP contribution >= 0.6 is 0 Å². The summed E-state index contributed by atoms with van der Waals surface area (Å²) in [5.74, 6) is -1.58. The largest absolute Gasteiger partial charge is 0.426 e. The summed E-state index contributed by atoms with van der Waals surface area (Å²) in [6.45, 7) is 1.42. The molecule has 2 aromatic rings. The normalized spacial score (nSPS) is 12.9. The van der Waals surface area contributed by atoms with Gasteiger partial charge in [-0.2, -0.15) is 31.4 Å². The van der Waals surface area contributed by atoms with Crippen LogP contribution in [0, 0.1) is 6.92 Å². The zero-order valence-electron chi connectivity index (χ0n) is 14.0. The van der Waals surface area contributed by atoms with E-state index in [1.165, 1.54) is 30.2 Å². The molecule has 2 rings (SSSR count). The van der Waals surface area contributed by atoms with Gasteiger partial charge in [-0.3, -0.25) is 9.78 Å². The van der Waals surface area contributed by atoms with Crippen molar-refractivity contribution in [1.82, 2.24) is 14.8 Å². The predicted octanol–water partition coefficient (Wildman–Crippen LogP) is 2.78. The quantitative estimate of drug-likeness (QED) is 0.807. The topological polar surface area (TPSA) is 71.2 Å². The van der Waals surface area contributed by atoms with Crippen LogP contribution in [0.2, 0.25) is 0 Å². The van der Waals surface area contributed by atoms with Crippen LogP contribution < -0.4 is 4.90 Å². The lowest BCUT2D eigenvalue weighted by Gasteiger charge is -2.32. The second-order valence-corrected chi connectivity index (χ2v) is 5.74. The first-order valence-electron chi connectivity index (χ1n) is 7.37. The van der Waals surface area contributed by atoms with Crippen molar-refractivity contribution in [2.45, 2.75) is 31.3 Å². The first-order valence-corrected chi connectivity index (χ1v) is 7.37. The molecule has 0 fully saturated rings. The average Bonchev–Trinajstić information content (AvgIpc) is 2.94. The minimum absolute atomic E-state index is 0.0180. The third-order valence-corrected chi connectivity index (χ3v) is 3.86. The Morgan fingerprint density at radius 1 is 1.22 bits per heavy atom. The number of carbonyl (C=O) groups is 1. The highest BCUT2D eigenvalue weighted by Crippen LogP contribution is 2.45. The Morgan fingerprint density at radius 3 is 2.30 bits per heavy atom. The number of nitrogens with zero attached hydrogens (tertiary/aromatic N) is 4. The van der Waals surface area contributed by atoms with E-state index in [9.17, 15) is 36.2 Å². The molecular formula is C15H14F6N4O2. The summed E-state index contributed by atoms with van der Waals surface area (Å²) in [5, 5.41) is 13.2. The molecule has 6 nitrogen and oxygen atoms in total. The van der Waals surface area contributed by atoms with Crippen LogP contribution in [0.3, 0.4) is 0 Å². The molecule has 1 N–H and O–H groups in total. The van der Waals surface area contributed by atoms with Gasteiger partial charge in [0.05, 0.1) is 35.9 Å². The molecule has 0 aromatic carbocycles. The number of aromatic nitrogens is 3. The van der Waals surface area contributed by atoms with E-state index in [1.54, 1.807) is 12.1 Å². The molecule has 0 aliphatic heterocycles. The molecule has 12 heteroatoms. The highest BCUT2D eigenvalue weighted by Gasteiger charge is 2.71. The van der Waals surface area contributed by atoms with Gasteiger partial charge in [-0.05, 0) is 19.1 Å². The Morgan fingerprint density at radius 2 is 1.81 bits per heavy atom. The summed E-state index contributed by atoms with van der Waals surface area (Å²) in [4.78, 5) is 16.5. The van der Waals surface area contributed by atoms with E-state index in [0.717, 1.165) is 7.05 Å². The Kier molecular flexibility index (Phi) is 5.23. The molecule has 0 saturated heterocycles. The molecule has 0 aliphatic carbocycles. The highest BCUT2D eigenvalue weighted by molar-refractivity contribution is 5.94. The molecule has 148 valence electrons. The van der Waals surface area contributed by atoms with Gasteiger partial charge in [0.1, 0.15) is 0 Å². The van der Waals surface area contributed by atoms with Gasteiger partial charge < -0.3 is 10.0 Å². The number of aliphatic hydroxyl groups is 1. The zero-order chi connectivity index (χ0) is 20.6. The first-order chi connectivity index (χ1) is 12.3. The van der Waals surface area contributed by atoms with Crippen LogP contribution in [0.15, 0.2) is 30.7 Å². The van der Waals surface area contributed by atoms with E-state index in [1.807, 2.05) is 0 Å². The van der Waals surface area contributed by atoms with Crippen molar-refractivity contribution in [2.24, 2.45) is 0 Å². The van der Waals surface area contributed by atoms with Gasteiger partial charge in [-0.25, -0.2) is 4.68 Å². The van der Waals surface area contributed by atoms with E-state index in [-0.39, 0.29) is 11.4 Å². The molecule has 0 aliphatic rings. The summed E-state index contributed by atoms with van der Waals surface area (Å²) >= 11 is 0. The van der Waals surface area contributed by atoms with Crippen LogP contribution in [0.25, 0.3) is 5.69 Å². The van der Waals surface area contributed by atoms with Crippen molar-refractivity contribution in [2.75, 3.05) is 11.9 Å². The fourth-order valence-corrected chi connectivity index (χ4v) is 2.23.